The summed E-state index contributed by atoms with van der Waals surface area (Å²) >= 11 is 0. The van der Waals surface area contributed by atoms with E-state index in [4.69, 9.17) is 23.9 Å². The predicted molar refractivity (Wildman–Crippen MR) is 125 cm³/mol. The minimum atomic E-state index is -0.180. The molecule has 0 aromatic rings. The second-order valence-electron chi connectivity index (χ2n) is 8.18. The molecule has 170 valence electrons. The van der Waals surface area contributed by atoms with Crippen LogP contribution < -0.4 is 5.32 Å². The van der Waals surface area contributed by atoms with Gasteiger partial charge in [0, 0.05) is 59.4 Å². The number of hydrogen-bond donors (Lipinski definition) is 1. The molecular formula is C21H40IN3O4. The third kappa shape index (κ3) is 7.79. The Bertz CT molecular complexity index is 475. The Morgan fingerprint density at radius 3 is 2.52 bits per heavy atom. The topological polar surface area (TPSA) is 64.6 Å². The zero-order valence-electron chi connectivity index (χ0n) is 18.2. The van der Waals surface area contributed by atoms with Gasteiger partial charge in [0.15, 0.2) is 5.96 Å². The molecule has 1 N–H and O–H groups in total. The molecule has 0 saturated carbocycles. The summed E-state index contributed by atoms with van der Waals surface area (Å²) in [5, 5.41) is 3.46. The number of nitrogens with zero attached hydrogens (tertiary/aromatic N) is 2. The van der Waals surface area contributed by atoms with E-state index in [0.29, 0.717) is 18.8 Å². The first-order valence-electron chi connectivity index (χ1n) is 11.1. The van der Waals surface area contributed by atoms with Crippen molar-refractivity contribution in [3.05, 3.63) is 0 Å². The number of methoxy groups -OCH3 is 1. The molecule has 0 aromatic heterocycles. The monoisotopic (exact) mass is 525 g/mol. The summed E-state index contributed by atoms with van der Waals surface area (Å²) in [7, 11) is 1.80. The molecule has 1 atom stereocenters. The molecule has 0 amide bonds. The lowest BCUT2D eigenvalue weighted by molar-refractivity contribution is -0.0831. The summed E-state index contributed by atoms with van der Waals surface area (Å²) < 4.78 is 23.3. The Kier molecular flexibility index (Phi) is 11.5. The zero-order chi connectivity index (χ0) is 19.7. The van der Waals surface area contributed by atoms with E-state index < -0.39 is 0 Å². The van der Waals surface area contributed by atoms with Gasteiger partial charge in [-0.25, -0.2) is 0 Å². The first-order valence-corrected chi connectivity index (χ1v) is 11.1. The number of piperidine rings is 1. The van der Waals surface area contributed by atoms with Gasteiger partial charge in [0.05, 0.1) is 31.0 Å². The Labute approximate surface area is 193 Å². The lowest BCUT2D eigenvalue weighted by Gasteiger charge is -2.37. The first kappa shape index (κ1) is 25.1. The van der Waals surface area contributed by atoms with Gasteiger partial charge in [-0.1, -0.05) is 0 Å². The molecule has 7 nitrogen and oxygen atoms in total. The highest BCUT2D eigenvalue weighted by Gasteiger charge is 2.33. The summed E-state index contributed by atoms with van der Waals surface area (Å²) in [5.74, 6) is 1.000. The van der Waals surface area contributed by atoms with Crippen LogP contribution in [-0.4, -0.2) is 88.4 Å². The van der Waals surface area contributed by atoms with Gasteiger partial charge in [0.2, 0.25) is 0 Å². The van der Waals surface area contributed by atoms with E-state index >= 15 is 0 Å². The van der Waals surface area contributed by atoms with E-state index in [-0.39, 0.29) is 29.6 Å². The minimum Gasteiger partial charge on any atom is -0.381 e. The molecule has 0 radical (unpaired) electrons. The third-order valence-corrected chi connectivity index (χ3v) is 6.22. The normalized spacial score (nSPS) is 26.1. The third-order valence-electron chi connectivity index (χ3n) is 6.22. The second kappa shape index (κ2) is 13.3. The number of likely N-dealkylation sites (tertiary alicyclic amines) is 1. The number of hydrogen-bond acceptors (Lipinski definition) is 5. The molecule has 3 aliphatic rings. The molecule has 3 rings (SSSR count). The fraction of sp³-hybridized carbons (Fsp3) is 0.952. The maximum absolute atomic E-state index is 6.15. The molecule has 1 unspecified atom stereocenters. The van der Waals surface area contributed by atoms with E-state index in [1.54, 1.807) is 7.11 Å². The minimum absolute atomic E-state index is 0. The Morgan fingerprint density at radius 2 is 1.90 bits per heavy atom. The van der Waals surface area contributed by atoms with Crippen molar-refractivity contribution < 1.29 is 18.9 Å². The summed E-state index contributed by atoms with van der Waals surface area (Å²) in [4.78, 5) is 7.30. The molecule has 0 spiro atoms. The number of aliphatic imine (C=N–C) groups is 1. The molecule has 3 saturated heterocycles. The maximum Gasteiger partial charge on any atom is 0.194 e. The molecular weight excluding hydrogens is 485 g/mol. The number of guanidine groups is 1. The molecule has 29 heavy (non-hydrogen) atoms. The van der Waals surface area contributed by atoms with Gasteiger partial charge in [-0.3, -0.25) is 4.99 Å². The van der Waals surface area contributed by atoms with E-state index in [9.17, 15) is 0 Å². The SMILES string of the molecule is CCNC(=NCC1(OC)CCOCC1)N1CCC(OCC2CCCCO2)CC1.I. The van der Waals surface area contributed by atoms with Crippen molar-refractivity contribution in [3.63, 3.8) is 0 Å². The zero-order valence-corrected chi connectivity index (χ0v) is 20.5. The van der Waals surface area contributed by atoms with Crippen molar-refractivity contribution in [2.75, 3.05) is 59.7 Å². The molecule has 3 fully saturated rings. The highest BCUT2D eigenvalue weighted by molar-refractivity contribution is 14.0. The van der Waals surface area contributed by atoms with Crippen LogP contribution in [0.2, 0.25) is 0 Å². The highest BCUT2D eigenvalue weighted by Crippen LogP contribution is 2.25. The summed E-state index contributed by atoms with van der Waals surface area (Å²) in [5.41, 5.74) is -0.180. The van der Waals surface area contributed by atoms with Crippen molar-refractivity contribution in [1.82, 2.24) is 10.2 Å². The van der Waals surface area contributed by atoms with Crippen LogP contribution in [0.15, 0.2) is 4.99 Å². The number of nitrogens with one attached hydrogen (secondary N) is 1. The van der Waals surface area contributed by atoms with Crippen molar-refractivity contribution in [2.45, 2.75) is 69.7 Å². The fourth-order valence-electron chi connectivity index (χ4n) is 4.23. The van der Waals surface area contributed by atoms with Crippen LogP contribution in [-0.2, 0) is 18.9 Å². The molecule has 3 heterocycles. The van der Waals surface area contributed by atoms with Gasteiger partial charge in [-0.2, -0.15) is 0 Å². The van der Waals surface area contributed by atoms with Crippen LogP contribution in [0.5, 0.6) is 0 Å². The highest BCUT2D eigenvalue weighted by atomic mass is 127. The molecule has 8 heteroatoms. The smallest absolute Gasteiger partial charge is 0.194 e. The van der Waals surface area contributed by atoms with Crippen molar-refractivity contribution in [3.8, 4) is 0 Å². The average Bonchev–Trinajstić information content (AvgIpc) is 2.77. The number of halogens is 1. The van der Waals surface area contributed by atoms with Crippen LogP contribution in [0.3, 0.4) is 0 Å². The van der Waals surface area contributed by atoms with Crippen LogP contribution in [0.25, 0.3) is 0 Å². The predicted octanol–water partition coefficient (Wildman–Crippen LogP) is 2.82. The number of rotatable bonds is 7. The quantitative estimate of drug-likeness (QED) is 0.314. The van der Waals surface area contributed by atoms with Gasteiger partial charge >= 0.3 is 0 Å². The largest absolute Gasteiger partial charge is 0.381 e. The van der Waals surface area contributed by atoms with Gasteiger partial charge < -0.3 is 29.2 Å². The number of ether oxygens (including phenoxy) is 4. The second-order valence-corrected chi connectivity index (χ2v) is 8.18. The first-order chi connectivity index (χ1) is 13.7. The van der Waals surface area contributed by atoms with Crippen molar-refractivity contribution in [1.29, 1.82) is 0 Å². The molecule has 3 aliphatic heterocycles. The van der Waals surface area contributed by atoms with Crippen molar-refractivity contribution >= 4 is 29.9 Å². The van der Waals surface area contributed by atoms with E-state index in [1.807, 2.05) is 0 Å². The van der Waals surface area contributed by atoms with Crippen LogP contribution in [0.1, 0.15) is 51.9 Å². The lowest BCUT2D eigenvalue weighted by atomic mass is 9.94. The molecule has 0 aliphatic carbocycles. The summed E-state index contributed by atoms with van der Waals surface area (Å²) in [6, 6.07) is 0. The standard InChI is InChI=1S/C21H39N3O4.HI/c1-3-22-20(23-17-21(25-2)9-14-26-15-10-21)24-11-7-18(8-12-24)28-16-19-6-4-5-13-27-19;/h18-19H,3-17H2,1-2H3,(H,22,23);1H. The fourth-order valence-corrected chi connectivity index (χ4v) is 4.23. The Morgan fingerprint density at radius 1 is 1.14 bits per heavy atom. The van der Waals surface area contributed by atoms with Crippen LogP contribution in [0, 0.1) is 0 Å². The summed E-state index contributed by atoms with van der Waals surface area (Å²) in [6.07, 6.45) is 8.14. The van der Waals surface area contributed by atoms with Crippen LogP contribution in [0.4, 0.5) is 0 Å². The van der Waals surface area contributed by atoms with E-state index in [0.717, 1.165) is 84.1 Å². The van der Waals surface area contributed by atoms with Gasteiger partial charge in [0.25, 0.3) is 0 Å². The maximum atomic E-state index is 6.15. The molecule has 0 aromatic carbocycles. The van der Waals surface area contributed by atoms with E-state index in [2.05, 4.69) is 17.1 Å². The summed E-state index contributed by atoms with van der Waals surface area (Å²) in [6.45, 7) is 8.79. The van der Waals surface area contributed by atoms with Gasteiger partial charge in [-0.05, 0) is 39.0 Å². The van der Waals surface area contributed by atoms with Crippen LogP contribution >= 0.6 is 24.0 Å². The van der Waals surface area contributed by atoms with Gasteiger partial charge in [-0.15, -0.1) is 24.0 Å². The lowest BCUT2D eigenvalue weighted by Crippen LogP contribution is -2.48. The average molecular weight is 525 g/mol. The van der Waals surface area contributed by atoms with Gasteiger partial charge in [0.1, 0.15) is 0 Å². The van der Waals surface area contributed by atoms with Crippen molar-refractivity contribution in [2.24, 2.45) is 4.99 Å². The Hall–Kier alpha value is -0.160. The van der Waals surface area contributed by atoms with E-state index in [1.165, 1.54) is 12.8 Å². The molecule has 0 bridgehead atoms. The Balaban J connectivity index is 0.00000300.